The lowest BCUT2D eigenvalue weighted by molar-refractivity contribution is -0.141. The van der Waals surface area contributed by atoms with E-state index in [0.29, 0.717) is 13.2 Å². The number of ether oxygens (including phenoxy) is 2. The fourth-order valence-corrected chi connectivity index (χ4v) is 4.05. The van der Waals surface area contributed by atoms with Crippen LogP contribution in [-0.4, -0.2) is 38.0 Å². The molecule has 1 aromatic carbocycles. The van der Waals surface area contributed by atoms with E-state index in [4.69, 9.17) is 9.47 Å². The maximum Gasteiger partial charge on any atom is 0.307 e. The highest BCUT2D eigenvalue weighted by molar-refractivity contribution is 7.10. The van der Waals surface area contributed by atoms with Crippen molar-refractivity contribution >= 4 is 34.8 Å². The summed E-state index contributed by atoms with van der Waals surface area (Å²) in [4.78, 5) is 39.5. The summed E-state index contributed by atoms with van der Waals surface area (Å²) in [6.45, 7) is 2.78. The normalized spacial score (nSPS) is 17.1. The van der Waals surface area contributed by atoms with Crippen molar-refractivity contribution in [2.75, 3.05) is 25.2 Å². The van der Waals surface area contributed by atoms with Gasteiger partial charge in [0.05, 0.1) is 32.1 Å². The molecule has 0 spiro atoms. The topological polar surface area (TPSA) is 84.9 Å². The molecule has 1 aliphatic rings. The molecule has 3 rings (SSSR count). The van der Waals surface area contributed by atoms with Crippen LogP contribution < -0.4 is 15.0 Å². The predicted octanol–water partition coefficient (Wildman–Crippen LogP) is 2.92. The van der Waals surface area contributed by atoms with Crippen LogP contribution in [0.5, 0.6) is 5.75 Å². The maximum absolute atomic E-state index is 12.8. The van der Waals surface area contributed by atoms with Crippen molar-refractivity contribution in [3.63, 3.8) is 0 Å². The Balaban J connectivity index is 1.66. The van der Waals surface area contributed by atoms with Crippen LogP contribution in [0.25, 0.3) is 0 Å². The van der Waals surface area contributed by atoms with Gasteiger partial charge in [-0.15, -0.1) is 11.3 Å². The van der Waals surface area contributed by atoms with Gasteiger partial charge in [-0.25, -0.2) is 0 Å². The lowest BCUT2D eigenvalue weighted by atomic mass is 10.1. The second kappa shape index (κ2) is 9.56. The molecule has 0 saturated carbocycles. The first kappa shape index (κ1) is 20.9. The van der Waals surface area contributed by atoms with Crippen molar-refractivity contribution in [1.82, 2.24) is 5.32 Å². The first-order valence-corrected chi connectivity index (χ1v) is 10.3. The van der Waals surface area contributed by atoms with Crippen molar-refractivity contribution in [3.05, 3.63) is 46.7 Å². The zero-order chi connectivity index (χ0) is 20.8. The van der Waals surface area contributed by atoms with Gasteiger partial charge < -0.3 is 19.7 Å². The summed E-state index contributed by atoms with van der Waals surface area (Å²) in [5.41, 5.74) is 0.734. The Morgan fingerprint density at radius 1 is 1.28 bits per heavy atom. The van der Waals surface area contributed by atoms with Gasteiger partial charge in [-0.05, 0) is 42.6 Å². The Kier molecular flexibility index (Phi) is 6.87. The van der Waals surface area contributed by atoms with Gasteiger partial charge >= 0.3 is 5.97 Å². The van der Waals surface area contributed by atoms with Crippen LogP contribution in [0.15, 0.2) is 41.8 Å². The van der Waals surface area contributed by atoms with Gasteiger partial charge in [0.25, 0.3) is 0 Å². The van der Waals surface area contributed by atoms with E-state index in [0.717, 1.165) is 16.3 Å². The van der Waals surface area contributed by atoms with Crippen molar-refractivity contribution < 1.29 is 23.9 Å². The van der Waals surface area contributed by atoms with E-state index in [2.05, 4.69) is 5.32 Å². The van der Waals surface area contributed by atoms with Crippen LogP contribution in [0, 0.1) is 5.92 Å². The summed E-state index contributed by atoms with van der Waals surface area (Å²) in [5.74, 6) is -0.487. The van der Waals surface area contributed by atoms with E-state index in [-0.39, 0.29) is 24.7 Å². The fourth-order valence-electron chi connectivity index (χ4n) is 3.27. The molecular weight excluding hydrogens is 392 g/mol. The summed E-state index contributed by atoms with van der Waals surface area (Å²) in [7, 11) is 1.32. The third-order valence-electron chi connectivity index (χ3n) is 4.76. The largest absolute Gasteiger partial charge is 0.494 e. The number of esters is 1. The molecule has 1 aliphatic heterocycles. The van der Waals surface area contributed by atoms with Crippen molar-refractivity contribution in [2.45, 2.75) is 25.8 Å². The second-order valence-corrected chi connectivity index (χ2v) is 7.67. The number of methoxy groups -OCH3 is 1. The van der Waals surface area contributed by atoms with Gasteiger partial charge in [-0.1, -0.05) is 6.07 Å². The number of carbonyl (C=O) groups is 3. The number of carbonyl (C=O) groups excluding carboxylic acids is 3. The number of anilines is 1. The molecule has 0 unspecified atom stereocenters. The van der Waals surface area contributed by atoms with E-state index in [9.17, 15) is 14.4 Å². The molecule has 8 heteroatoms. The Bertz CT molecular complexity index is 850. The Morgan fingerprint density at radius 2 is 2.03 bits per heavy atom. The van der Waals surface area contributed by atoms with E-state index in [1.165, 1.54) is 18.4 Å². The van der Waals surface area contributed by atoms with Gasteiger partial charge in [-0.2, -0.15) is 0 Å². The number of thiophene rings is 1. The summed E-state index contributed by atoms with van der Waals surface area (Å²) in [6.07, 6.45) is 0.181. The van der Waals surface area contributed by atoms with Gasteiger partial charge in [-0.3, -0.25) is 14.4 Å². The number of benzene rings is 1. The van der Waals surface area contributed by atoms with Gasteiger partial charge in [0, 0.05) is 23.5 Å². The lowest BCUT2D eigenvalue weighted by Crippen LogP contribution is -2.36. The third kappa shape index (κ3) is 5.14. The molecule has 2 atom stereocenters. The number of nitrogens with one attached hydrogen (secondary N) is 1. The highest BCUT2D eigenvalue weighted by Crippen LogP contribution is 2.28. The SMILES string of the molecule is CCOc1ccc(N2C[C@H](C(=O)N[C@@H](CC(=O)OC)c3cccs3)CC2=O)cc1. The highest BCUT2D eigenvalue weighted by Gasteiger charge is 2.36. The molecule has 1 aromatic heterocycles. The zero-order valence-corrected chi connectivity index (χ0v) is 17.2. The lowest BCUT2D eigenvalue weighted by Gasteiger charge is -2.20. The molecule has 1 fully saturated rings. The quantitative estimate of drug-likeness (QED) is 0.669. The smallest absolute Gasteiger partial charge is 0.307 e. The molecule has 1 N–H and O–H groups in total. The molecule has 154 valence electrons. The highest BCUT2D eigenvalue weighted by atomic mass is 32.1. The predicted molar refractivity (Wildman–Crippen MR) is 110 cm³/mol. The molecule has 0 aliphatic carbocycles. The number of amides is 2. The van der Waals surface area contributed by atoms with Gasteiger partial charge in [0.1, 0.15) is 5.75 Å². The number of hydrogen-bond donors (Lipinski definition) is 1. The zero-order valence-electron chi connectivity index (χ0n) is 16.4. The Labute approximate surface area is 173 Å². The average molecular weight is 416 g/mol. The average Bonchev–Trinajstić information content (AvgIpc) is 3.38. The first-order valence-electron chi connectivity index (χ1n) is 9.45. The minimum absolute atomic E-state index is 0.0476. The number of rotatable bonds is 8. The molecule has 29 heavy (non-hydrogen) atoms. The minimum Gasteiger partial charge on any atom is -0.494 e. The van der Waals surface area contributed by atoms with Crippen molar-refractivity contribution in [1.29, 1.82) is 0 Å². The molecule has 2 heterocycles. The molecular formula is C21H24N2O5S. The molecule has 0 radical (unpaired) electrons. The van der Waals surface area contributed by atoms with Crippen LogP contribution in [0.4, 0.5) is 5.69 Å². The van der Waals surface area contributed by atoms with Crippen molar-refractivity contribution in [3.8, 4) is 5.75 Å². The molecule has 2 amide bonds. The fraction of sp³-hybridized carbons (Fsp3) is 0.381. The van der Waals surface area contributed by atoms with E-state index in [1.54, 1.807) is 4.90 Å². The molecule has 7 nitrogen and oxygen atoms in total. The van der Waals surface area contributed by atoms with E-state index < -0.39 is 17.9 Å². The van der Waals surface area contributed by atoms with Crippen LogP contribution in [-0.2, 0) is 19.1 Å². The molecule has 1 saturated heterocycles. The van der Waals surface area contributed by atoms with Crippen LogP contribution in [0.2, 0.25) is 0 Å². The van der Waals surface area contributed by atoms with Crippen LogP contribution in [0.1, 0.15) is 30.7 Å². The van der Waals surface area contributed by atoms with E-state index >= 15 is 0 Å². The summed E-state index contributed by atoms with van der Waals surface area (Å²) < 4.78 is 10.2. The van der Waals surface area contributed by atoms with Crippen molar-refractivity contribution in [2.24, 2.45) is 5.92 Å². The summed E-state index contributed by atoms with van der Waals surface area (Å²) in [5, 5.41) is 4.80. The van der Waals surface area contributed by atoms with Gasteiger partial charge in [0.2, 0.25) is 11.8 Å². The van der Waals surface area contributed by atoms with E-state index in [1.807, 2.05) is 48.7 Å². The summed E-state index contributed by atoms with van der Waals surface area (Å²) >= 11 is 1.46. The third-order valence-corrected chi connectivity index (χ3v) is 5.74. The van der Waals surface area contributed by atoms with Crippen LogP contribution >= 0.6 is 11.3 Å². The number of nitrogens with zero attached hydrogens (tertiary/aromatic N) is 1. The molecule has 0 bridgehead atoms. The standard InChI is InChI=1S/C21H24N2O5S/c1-3-28-16-8-6-15(7-9-16)23-13-14(11-19(23)24)21(26)22-17(12-20(25)27-2)18-5-4-10-29-18/h4-10,14,17H,3,11-13H2,1-2H3,(H,22,26)/t14-,17+/m1/s1. The first-order chi connectivity index (χ1) is 14.0. The minimum atomic E-state index is -0.478. The Morgan fingerprint density at radius 3 is 2.66 bits per heavy atom. The number of hydrogen-bond acceptors (Lipinski definition) is 6. The second-order valence-electron chi connectivity index (χ2n) is 6.69. The maximum atomic E-state index is 12.8. The van der Waals surface area contributed by atoms with Crippen LogP contribution in [0.3, 0.4) is 0 Å². The summed E-state index contributed by atoms with van der Waals surface area (Å²) in [6, 6.07) is 10.5. The van der Waals surface area contributed by atoms with Gasteiger partial charge in [0.15, 0.2) is 0 Å². The molecule has 2 aromatic rings. The monoisotopic (exact) mass is 416 g/mol. The Hall–Kier alpha value is -2.87.